The Labute approximate surface area is 118 Å². The van der Waals surface area contributed by atoms with E-state index in [0.717, 1.165) is 0 Å². The maximum atomic E-state index is 11.4. The number of carbonyl (C=O) groups excluding carboxylic acids is 1. The molecule has 5 nitrogen and oxygen atoms in total. The Kier molecular flexibility index (Phi) is 6.18. The van der Waals surface area contributed by atoms with Crippen molar-refractivity contribution in [2.45, 2.75) is 26.8 Å². The third-order valence-electron chi connectivity index (χ3n) is 2.92. The fourth-order valence-electron chi connectivity index (χ4n) is 1.87. The van der Waals surface area contributed by atoms with E-state index in [0.29, 0.717) is 24.5 Å². The maximum Gasteiger partial charge on any atom is 0.320 e. The fraction of sp³-hybridized carbons (Fsp3) is 0.467. The summed E-state index contributed by atoms with van der Waals surface area (Å²) in [5, 5.41) is 12.0. The van der Waals surface area contributed by atoms with Crippen molar-refractivity contribution >= 4 is 11.8 Å². The van der Waals surface area contributed by atoms with Gasteiger partial charge in [0, 0.05) is 6.54 Å². The molecule has 0 fully saturated rings. The number of aliphatic carboxylic acids is 1. The molecule has 1 atom stereocenters. The van der Waals surface area contributed by atoms with E-state index in [-0.39, 0.29) is 11.7 Å². The van der Waals surface area contributed by atoms with Gasteiger partial charge < -0.3 is 15.2 Å². The zero-order chi connectivity index (χ0) is 15.1. The lowest BCUT2D eigenvalue weighted by molar-refractivity contribution is -0.140. The van der Waals surface area contributed by atoms with Crippen LogP contribution in [0.5, 0.6) is 5.75 Å². The minimum absolute atomic E-state index is 0.00277. The summed E-state index contributed by atoms with van der Waals surface area (Å²) in [6, 6.07) is 6.42. The maximum absolute atomic E-state index is 11.4. The fourth-order valence-corrected chi connectivity index (χ4v) is 1.87. The molecule has 20 heavy (non-hydrogen) atoms. The van der Waals surface area contributed by atoms with E-state index in [1.165, 1.54) is 6.92 Å². The highest BCUT2D eigenvalue weighted by atomic mass is 16.5. The topological polar surface area (TPSA) is 75.6 Å². The van der Waals surface area contributed by atoms with Crippen molar-refractivity contribution in [1.29, 1.82) is 0 Å². The number of Topliss-reactive ketones (excluding diaryl/α,β-unsaturated/α-hetero) is 1. The average molecular weight is 279 g/mol. The van der Waals surface area contributed by atoms with Crippen LogP contribution in [0.15, 0.2) is 24.3 Å². The highest BCUT2D eigenvalue weighted by Crippen LogP contribution is 2.18. The Bertz CT molecular complexity index is 471. The van der Waals surface area contributed by atoms with E-state index in [1.807, 2.05) is 13.8 Å². The Balaban J connectivity index is 2.49. The molecule has 0 aliphatic heterocycles. The number of carboxylic acid groups (broad SMARTS) is 1. The molecule has 1 unspecified atom stereocenters. The lowest BCUT2D eigenvalue weighted by Gasteiger charge is -2.18. The average Bonchev–Trinajstić information content (AvgIpc) is 2.37. The lowest BCUT2D eigenvalue weighted by atomic mass is 10.1. The van der Waals surface area contributed by atoms with E-state index in [2.05, 4.69) is 5.32 Å². The number of ether oxygens (including phenoxy) is 1. The SMILES string of the molecule is CC(=O)c1ccccc1OCCNC(C(=O)O)C(C)C. The van der Waals surface area contributed by atoms with E-state index in [9.17, 15) is 9.59 Å². The molecule has 1 aromatic rings. The zero-order valence-electron chi connectivity index (χ0n) is 12.1. The van der Waals surface area contributed by atoms with Crippen LogP contribution in [-0.2, 0) is 4.79 Å². The molecule has 110 valence electrons. The summed E-state index contributed by atoms with van der Waals surface area (Å²) in [4.78, 5) is 22.4. The molecule has 1 rings (SSSR count). The molecule has 0 radical (unpaired) electrons. The first kappa shape index (κ1) is 16.2. The number of nitrogens with one attached hydrogen (secondary N) is 1. The van der Waals surface area contributed by atoms with Crippen LogP contribution in [-0.4, -0.2) is 36.1 Å². The van der Waals surface area contributed by atoms with Gasteiger partial charge in [-0.05, 0) is 25.0 Å². The number of benzene rings is 1. The molecule has 0 saturated heterocycles. The summed E-state index contributed by atoms with van der Waals surface area (Å²) in [6.07, 6.45) is 0. The van der Waals surface area contributed by atoms with Crippen molar-refractivity contribution in [3.05, 3.63) is 29.8 Å². The van der Waals surface area contributed by atoms with E-state index >= 15 is 0 Å². The molecule has 0 spiro atoms. The van der Waals surface area contributed by atoms with Crippen molar-refractivity contribution in [3.63, 3.8) is 0 Å². The Morgan fingerprint density at radius 2 is 1.95 bits per heavy atom. The van der Waals surface area contributed by atoms with Gasteiger partial charge >= 0.3 is 5.97 Å². The highest BCUT2D eigenvalue weighted by molar-refractivity contribution is 5.96. The van der Waals surface area contributed by atoms with Crippen molar-refractivity contribution in [2.24, 2.45) is 5.92 Å². The molecule has 0 aliphatic rings. The molecule has 0 saturated carbocycles. The molecule has 0 heterocycles. The smallest absolute Gasteiger partial charge is 0.320 e. The van der Waals surface area contributed by atoms with Crippen LogP contribution < -0.4 is 10.1 Å². The van der Waals surface area contributed by atoms with Crippen LogP contribution >= 0.6 is 0 Å². The molecule has 0 amide bonds. The molecule has 0 aromatic heterocycles. The Morgan fingerprint density at radius 1 is 1.30 bits per heavy atom. The summed E-state index contributed by atoms with van der Waals surface area (Å²) in [6.45, 7) is 5.89. The van der Waals surface area contributed by atoms with Crippen LogP contribution in [0.3, 0.4) is 0 Å². The molecule has 5 heteroatoms. The number of ketones is 1. The standard InChI is InChI=1S/C15H21NO4/c1-10(2)14(15(18)19)16-8-9-20-13-7-5-4-6-12(13)11(3)17/h4-7,10,14,16H,8-9H2,1-3H3,(H,18,19). The third-order valence-corrected chi connectivity index (χ3v) is 2.92. The van der Waals surface area contributed by atoms with Gasteiger partial charge in [0.25, 0.3) is 0 Å². The van der Waals surface area contributed by atoms with E-state index in [4.69, 9.17) is 9.84 Å². The minimum Gasteiger partial charge on any atom is -0.492 e. The summed E-state index contributed by atoms with van der Waals surface area (Å²) in [7, 11) is 0. The van der Waals surface area contributed by atoms with Gasteiger partial charge in [0.1, 0.15) is 18.4 Å². The van der Waals surface area contributed by atoms with Gasteiger partial charge in [-0.25, -0.2) is 0 Å². The normalized spacial score (nSPS) is 12.2. The predicted octanol–water partition coefficient (Wildman–Crippen LogP) is 1.97. The van der Waals surface area contributed by atoms with Gasteiger partial charge in [-0.15, -0.1) is 0 Å². The van der Waals surface area contributed by atoms with E-state index in [1.54, 1.807) is 24.3 Å². The van der Waals surface area contributed by atoms with Crippen LogP contribution in [0, 0.1) is 5.92 Å². The van der Waals surface area contributed by atoms with Crippen LogP contribution in [0.25, 0.3) is 0 Å². The first-order valence-corrected chi connectivity index (χ1v) is 6.62. The van der Waals surface area contributed by atoms with Gasteiger partial charge in [0.15, 0.2) is 5.78 Å². The summed E-state index contributed by atoms with van der Waals surface area (Å²) in [5.41, 5.74) is 0.533. The number of hydrogen-bond acceptors (Lipinski definition) is 4. The van der Waals surface area contributed by atoms with Crippen molar-refractivity contribution in [1.82, 2.24) is 5.32 Å². The monoisotopic (exact) mass is 279 g/mol. The molecule has 0 aliphatic carbocycles. The Morgan fingerprint density at radius 3 is 2.50 bits per heavy atom. The van der Waals surface area contributed by atoms with Crippen LogP contribution in [0.4, 0.5) is 0 Å². The second-order valence-corrected chi connectivity index (χ2v) is 4.91. The number of rotatable bonds is 8. The molecular formula is C15H21NO4. The van der Waals surface area contributed by atoms with Crippen molar-refractivity contribution in [3.8, 4) is 5.75 Å². The summed E-state index contributed by atoms with van der Waals surface area (Å²) in [5.74, 6) is -0.404. The largest absolute Gasteiger partial charge is 0.492 e. The Hall–Kier alpha value is -1.88. The number of carboxylic acids is 1. The van der Waals surface area contributed by atoms with Gasteiger partial charge in [-0.2, -0.15) is 0 Å². The minimum atomic E-state index is -0.871. The van der Waals surface area contributed by atoms with Gasteiger partial charge in [0.05, 0.1) is 5.56 Å². The van der Waals surface area contributed by atoms with E-state index < -0.39 is 12.0 Å². The summed E-state index contributed by atoms with van der Waals surface area (Å²) >= 11 is 0. The number of hydrogen-bond donors (Lipinski definition) is 2. The quantitative estimate of drug-likeness (QED) is 0.562. The van der Waals surface area contributed by atoms with Crippen LogP contribution in [0.2, 0.25) is 0 Å². The van der Waals surface area contributed by atoms with Crippen molar-refractivity contribution in [2.75, 3.05) is 13.2 Å². The van der Waals surface area contributed by atoms with Gasteiger partial charge in [-0.3, -0.25) is 9.59 Å². The van der Waals surface area contributed by atoms with Crippen molar-refractivity contribution < 1.29 is 19.4 Å². The first-order chi connectivity index (χ1) is 9.43. The molecular weight excluding hydrogens is 258 g/mol. The number of carbonyl (C=O) groups is 2. The molecule has 2 N–H and O–H groups in total. The number of para-hydroxylation sites is 1. The predicted molar refractivity (Wildman–Crippen MR) is 76.2 cm³/mol. The van der Waals surface area contributed by atoms with Crippen LogP contribution in [0.1, 0.15) is 31.1 Å². The lowest BCUT2D eigenvalue weighted by Crippen LogP contribution is -2.42. The molecule has 0 bridgehead atoms. The zero-order valence-corrected chi connectivity index (χ0v) is 12.1. The second kappa shape index (κ2) is 7.65. The van der Waals surface area contributed by atoms with Gasteiger partial charge in [0.2, 0.25) is 0 Å². The first-order valence-electron chi connectivity index (χ1n) is 6.62. The molecule has 1 aromatic carbocycles. The highest BCUT2D eigenvalue weighted by Gasteiger charge is 2.20. The second-order valence-electron chi connectivity index (χ2n) is 4.91. The third kappa shape index (κ3) is 4.66. The summed E-state index contributed by atoms with van der Waals surface area (Å²) < 4.78 is 5.53. The van der Waals surface area contributed by atoms with Gasteiger partial charge in [-0.1, -0.05) is 26.0 Å².